The maximum Gasteiger partial charge on any atom is 0.231 e. The van der Waals surface area contributed by atoms with E-state index in [0.717, 1.165) is 34.5 Å². The number of rotatable bonds is 3. The van der Waals surface area contributed by atoms with Crippen LogP contribution in [-0.4, -0.2) is 41.4 Å². The minimum atomic E-state index is -0.383. The summed E-state index contributed by atoms with van der Waals surface area (Å²) in [6.07, 6.45) is 1.27. The van der Waals surface area contributed by atoms with Gasteiger partial charge in [0.1, 0.15) is 6.04 Å². The number of allylic oxidation sites excluding steroid dienone is 2. The second-order valence-corrected chi connectivity index (χ2v) is 10.1. The second kappa shape index (κ2) is 7.35. The lowest BCUT2D eigenvalue weighted by Gasteiger charge is -2.38. The average molecular weight is 458 g/mol. The SMILES string of the molecule is CN(C)c1ccc(-c2nc3n(n2)C(c2ccc4c(c2)OCO4)C2=C(CC(C)(C)CC2=O)N3)cc1. The summed E-state index contributed by atoms with van der Waals surface area (Å²) >= 11 is 0. The van der Waals surface area contributed by atoms with E-state index in [1.165, 1.54) is 0 Å². The topological polar surface area (TPSA) is 81.5 Å². The van der Waals surface area contributed by atoms with E-state index >= 15 is 0 Å². The molecule has 0 saturated carbocycles. The van der Waals surface area contributed by atoms with E-state index in [2.05, 4.69) is 24.1 Å². The lowest BCUT2D eigenvalue weighted by atomic mass is 9.73. The summed E-state index contributed by atoms with van der Waals surface area (Å²) in [7, 11) is 4.02. The van der Waals surface area contributed by atoms with Crippen LogP contribution in [0, 0.1) is 5.41 Å². The molecule has 2 aliphatic heterocycles. The number of anilines is 2. The Kier molecular flexibility index (Phi) is 4.49. The lowest BCUT2D eigenvalue weighted by molar-refractivity contribution is -0.118. The Morgan fingerprint density at radius 3 is 2.59 bits per heavy atom. The van der Waals surface area contributed by atoms with Crippen molar-refractivity contribution in [2.45, 2.75) is 32.7 Å². The van der Waals surface area contributed by atoms with E-state index in [4.69, 9.17) is 19.6 Å². The average Bonchev–Trinajstić information content (AvgIpc) is 3.43. The molecule has 34 heavy (non-hydrogen) atoms. The largest absolute Gasteiger partial charge is 0.454 e. The van der Waals surface area contributed by atoms with E-state index in [1.807, 2.05) is 61.2 Å². The summed E-state index contributed by atoms with van der Waals surface area (Å²) in [6.45, 7) is 4.46. The molecule has 8 nitrogen and oxygen atoms in total. The number of ketones is 1. The first-order chi connectivity index (χ1) is 16.3. The number of aromatic nitrogens is 3. The monoisotopic (exact) mass is 457 g/mol. The third-order valence-electron chi connectivity index (χ3n) is 6.69. The zero-order chi connectivity index (χ0) is 23.6. The molecule has 6 rings (SSSR count). The molecule has 3 aromatic rings. The molecule has 0 bridgehead atoms. The van der Waals surface area contributed by atoms with Crippen molar-refractivity contribution in [2.24, 2.45) is 5.41 Å². The van der Waals surface area contributed by atoms with Crippen LogP contribution in [0.4, 0.5) is 11.6 Å². The van der Waals surface area contributed by atoms with Gasteiger partial charge in [0.2, 0.25) is 12.7 Å². The molecule has 1 aromatic heterocycles. The Balaban J connectivity index is 1.48. The Labute approximate surface area is 198 Å². The molecule has 0 saturated heterocycles. The van der Waals surface area contributed by atoms with Crippen LogP contribution >= 0.6 is 0 Å². The summed E-state index contributed by atoms with van der Waals surface area (Å²) in [6, 6.07) is 13.6. The molecule has 0 amide bonds. The molecule has 1 atom stereocenters. The van der Waals surface area contributed by atoms with Crippen LogP contribution in [0.15, 0.2) is 53.7 Å². The highest BCUT2D eigenvalue weighted by atomic mass is 16.7. The van der Waals surface area contributed by atoms with Crippen LogP contribution in [0.1, 0.15) is 38.3 Å². The number of carbonyl (C=O) groups excluding carboxylic acids is 1. The minimum Gasteiger partial charge on any atom is -0.454 e. The van der Waals surface area contributed by atoms with Crippen LogP contribution in [-0.2, 0) is 4.79 Å². The zero-order valence-corrected chi connectivity index (χ0v) is 19.8. The highest BCUT2D eigenvalue weighted by molar-refractivity contribution is 6.00. The first-order valence-corrected chi connectivity index (χ1v) is 11.5. The summed E-state index contributed by atoms with van der Waals surface area (Å²) in [5, 5.41) is 8.32. The van der Waals surface area contributed by atoms with Crippen molar-refractivity contribution in [3.8, 4) is 22.9 Å². The van der Waals surface area contributed by atoms with Crippen molar-refractivity contribution in [1.29, 1.82) is 0 Å². The summed E-state index contributed by atoms with van der Waals surface area (Å²) in [5.41, 5.74) is 4.52. The number of ether oxygens (including phenoxy) is 2. The number of benzene rings is 2. The number of nitrogens with zero attached hydrogens (tertiary/aromatic N) is 4. The van der Waals surface area contributed by atoms with E-state index in [-0.39, 0.29) is 24.0 Å². The predicted octanol–water partition coefficient (Wildman–Crippen LogP) is 4.40. The highest BCUT2D eigenvalue weighted by Gasteiger charge is 2.42. The Bertz CT molecular complexity index is 1340. The number of fused-ring (bicyclic) bond motifs is 2. The molecule has 3 heterocycles. The van der Waals surface area contributed by atoms with Gasteiger partial charge in [0.05, 0.1) is 0 Å². The molecule has 3 aliphatic rings. The fourth-order valence-corrected chi connectivity index (χ4v) is 5.03. The number of hydrogen-bond acceptors (Lipinski definition) is 7. The smallest absolute Gasteiger partial charge is 0.231 e. The Hall–Kier alpha value is -3.81. The van der Waals surface area contributed by atoms with Crippen molar-refractivity contribution in [3.63, 3.8) is 0 Å². The molecule has 8 heteroatoms. The molecule has 1 N–H and O–H groups in total. The molecule has 0 radical (unpaired) electrons. The van der Waals surface area contributed by atoms with Crippen molar-refractivity contribution in [3.05, 3.63) is 59.3 Å². The Morgan fingerprint density at radius 2 is 1.82 bits per heavy atom. The van der Waals surface area contributed by atoms with E-state index in [0.29, 0.717) is 29.7 Å². The third-order valence-corrected chi connectivity index (χ3v) is 6.69. The van der Waals surface area contributed by atoms with Gasteiger partial charge < -0.3 is 19.7 Å². The quantitative estimate of drug-likeness (QED) is 0.624. The van der Waals surface area contributed by atoms with Crippen LogP contribution in [0.25, 0.3) is 11.4 Å². The molecular weight excluding hydrogens is 430 g/mol. The van der Waals surface area contributed by atoms with Crippen molar-refractivity contribution in [2.75, 3.05) is 31.1 Å². The van der Waals surface area contributed by atoms with E-state index < -0.39 is 0 Å². The molecule has 1 unspecified atom stereocenters. The fraction of sp³-hybridized carbons (Fsp3) is 0.346. The Morgan fingerprint density at radius 1 is 1.06 bits per heavy atom. The van der Waals surface area contributed by atoms with Gasteiger partial charge in [0.25, 0.3) is 0 Å². The zero-order valence-electron chi connectivity index (χ0n) is 19.8. The molecule has 0 spiro atoms. The van der Waals surface area contributed by atoms with Gasteiger partial charge in [0, 0.05) is 43.0 Å². The van der Waals surface area contributed by atoms with E-state index in [1.54, 1.807) is 0 Å². The number of hydrogen-bond donors (Lipinski definition) is 1. The van der Waals surface area contributed by atoms with Gasteiger partial charge >= 0.3 is 0 Å². The van der Waals surface area contributed by atoms with Gasteiger partial charge in [-0.3, -0.25) is 4.79 Å². The van der Waals surface area contributed by atoms with Crippen LogP contribution < -0.4 is 19.7 Å². The van der Waals surface area contributed by atoms with Crippen molar-refractivity contribution in [1.82, 2.24) is 14.8 Å². The van der Waals surface area contributed by atoms with Crippen molar-refractivity contribution < 1.29 is 14.3 Å². The normalized spacial score (nSPS) is 20.0. The van der Waals surface area contributed by atoms with Crippen LogP contribution in [0.3, 0.4) is 0 Å². The van der Waals surface area contributed by atoms with Crippen LogP contribution in [0.5, 0.6) is 11.5 Å². The van der Waals surface area contributed by atoms with Crippen LogP contribution in [0.2, 0.25) is 0 Å². The van der Waals surface area contributed by atoms with Gasteiger partial charge in [-0.15, -0.1) is 5.10 Å². The van der Waals surface area contributed by atoms with Gasteiger partial charge in [-0.1, -0.05) is 19.9 Å². The standard InChI is InChI=1S/C26H27N5O3/c1-26(2)12-18-22(19(32)13-26)23(16-7-10-20-21(11-16)34-14-33-20)31-25(27-18)28-24(29-31)15-5-8-17(9-6-15)30(3)4/h5-11,23H,12-14H2,1-4H3,(H,27,28,29). The first kappa shape index (κ1) is 20.8. The number of Topliss-reactive ketones (excluding diaryl/α,β-unsaturated/α-hetero) is 1. The summed E-state index contributed by atoms with van der Waals surface area (Å²) < 4.78 is 13.0. The van der Waals surface area contributed by atoms with Gasteiger partial charge in [-0.25, -0.2) is 4.68 Å². The van der Waals surface area contributed by atoms with Crippen molar-refractivity contribution >= 4 is 17.4 Å². The first-order valence-electron chi connectivity index (χ1n) is 11.5. The second-order valence-electron chi connectivity index (χ2n) is 10.1. The maximum atomic E-state index is 13.4. The number of nitrogens with one attached hydrogen (secondary N) is 1. The number of carbonyl (C=O) groups is 1. The molecule has 1 aliphatic carbocycles. The minimum absolute atomic E-state index is 0.116. The predicted molar refractivity (Wildman–Crippen MR) is 129 cm³/mol. The maximum absolute atomic E-state index is 13.4. The molecule has 174 valence electrons. The van der Waals surface area contributed by atoms with Gasteiger partial charge in [-0.2, -0.15) is 4.98 Å². The summed E-state index contributed by atoms with van der Waals surface area (Å²) in [4.78, 5) is 20.3. The molecule has 0 fully saturated rings. The molecular formula is C26H27N5O3. The van der Waals surface area contributed by atoms with Gasteiger partial charge in [-0.05, 0) is 53.8 Å². The lowest BCUT2D eigenvalue weighted by Crippen LogP contribution is -2.36. The summed E-state index contributed by atoms with van der Waals surface area (Å²) in [5.74, 6) is 2.79. The van der Waals surface area contributed by atoms with Gasteiger partial charge in [0.15, 0.2) is 23.1 Å². The molecule has 2 aromatic carbocycles. The fourth-order valence-electron chi connectivity index (χ4n) is 5.03. The van der Waals surface area contributed by atoms with E-state index in [9.17, 15) is 4.79 Å². The highest BCUT2D eigenvalue weighted by Crippen LogP contribution is 2.47. The third kappa shape index (κ3) is 3.32.